The van der Waals surface area contributed by atoms with Crippen molar-refractivity contribution >= 4 is 22.4 Å². The van der Waals surface area contributed by atoms with E-state index in [0.29, 0.717) is 5.91 Å². The number of carbonyl (C=O) groups is 1. The van der Waals surface area contributed by atoms with Crippen molar-refractivity contribution in [3.8, 4) is 0 Å². The molecule has 0 spiro atoms. The summed E-state index contributed by atoms with van der Waals surface area (Å²) < 4.78 is 0. The standard InChI is InChI=1S/C18H21N3OS/c22-17(16-7-6-14-4-1-2-5-15(14)16)20-9-3-10-21(12-11-20)18-19-8-13-23-18/h1-2,4-5,8,13,16H,3,6-7,9-12H2. The second kappa shape index (κ2) is 6.32. The second-order valence-corrected chi connectivity index (χ2v) is 7.14. The molecule has 1 aliphatic heterocycles. The Hall–Kier alpha value is -1.88. The molecule has 1 aliphatic carbocycles. The number of aryl methyl sites for hydroxylation is 1. The number of anilines is 1. The summed E-state index contributed by atoms with van der Waals surface area (Å²) in [5.74, 6) is 0.383. The fourth-order valence-corrected chi connectivity index (χ4v) is 4.43. The lowest BCUT2D eigenvalue weighted by molar-refractivity contribution is -0.132. The van der Waals surface area contributed by atoms with Crippen LogP contribution in [0.25, 0.3) is 0 Å². The zero-order valence-corrected chi connectivity index (χ0v) is 14.0. The first-order valence-electron chi connectivity index (χ1n) is 8.34. The van der Waals surface area contributed by atoms with Crippen molar-refractivity contribution in [2.75, 3.05) is 31.1 Å². The molecule has 5 heteroatoms. The van der Waals surface area contributed by atoms with Crippen molar-refractivity contribution in [2.24, 2.45) is 0 Å². The molecule has 4 nitrogen and oxygen atoms in total. The quantitative estimate of drug-likeness (QED) is 0.851. The van der Waals surface area contributed by atoms with E-state index in [0.717, 1.165) is 50.6 Å². The molecule has 120 valence electrons. The lowest BCUT2D eigenvalue weighted by Crippen LogP contribution is -2.37. The molecule has 1 fully saturated rings. The van der Waals surface area contributed by atoms with Gasteiger partial charge in [-0.15, -0.1) is 11.3 Å². The summed E-state index contributed by atoms with van der Waals surface area (Å²) in [5.41, 5.74) is 2.60. The fraction of sp³-hybridized carbons (Fsp3) is 0.444. The van der Waals surface area contributed by atoms with Gasteiger partial charge in [-0.1, -0.05) is 24.3 Å². The van der Waals surface area contributed by atoms with Gasteiger partial charge in [0.1, 0.15) is 0 Å². The number of hydrogen-bond donors (Lipinski definition) is 0. The maximum Gasteiger partial charge on any atom is 0.230 e. The third-order valence-electron chi connectivity index (χ3n) is 4.93. The number of hydrogen-bond acceptors (Lipinski definition) is 4. The highest BCUT2D eigenvalue weighted by Crippen LogP contribution is 2.34. The van der Waals surface area contributed by atoms with E-state index in [9.17, 15) is 4.79 Å². The first-order valence-corrected chi connectivity index (χ1v) is 9.22. The minimum atomic E-state index is 0.0672. The number of carbonyl (C=O) groups excluding carboxylic acids is 1. The summed E-state index contributed by atoms with van der Waals surface area (Å²) in [4.78, 5) is 21.8. The molecule has 2 aliphatic rings. The molecule has 0 saturated carbocycles. The van der Waals surface area contributed by atoms with Gasteiger partial charge in [-0.05, 0) is 30.4 Å². The summed E-state index contributed by atoms with van der Waals surface area (Å²) in [6.07, 6.45) is 4.86. The molecule has 1 saturated heterocycles. The monoisotopic (exact) mass is 327 g/mol. The molecule has 4 rings (SSSR count). The number of benzene rings is 1. The summed E-state index contributed by atoms with van der Waals surface area (Å²) in [6.45, 7) is 3.53. The van der Waals surface area contributed by atoms with E-state index in [1.165, 1.54) is 11.1 Å². The number of fused-ring (bicyclic) bond motifs is 1. The second-order valence-electron chi connectivity index (χ2n) is 6.27. The average molecular weight is 327 g/mol. The van der Waals surface area contributed by atoms with Crippen molar-refractivity contribution in [2.45, 2.75) is 25.2 Å². The Morgan fingerprint density at radius 3 is 2.96 bits per heavy atom. The highest BCUT2D eigenvalue weighted by atomic mass is 32.1. The Bertz CT molecular complexity index is 685. The lowest BCUT2D eigenvalue weighted by atomic mass is 10.00. The SMILES string of the molecule is O=C(C1CCc2ccccc21)N1CCCN(c2nccs2)CC1. The van der Waals surface area contributed by atoms with Gasteiger partial charge in [0.15, 0.2) is 5.13 Å². The highest BCUT2D eigenvalue weighted by Gasteiger charge is 2.32. The summed E-state index contributed by atoms with van der Waals surface area (Å²) in [6, 6.07) is 8.42. The number of nitrogens with zero attached hydrogens (tertiary/aromatic N) is 3. The number of thiazole rings is 1. The zero-order valence-electron chi connectivity index (χ0n) is 13.1. The molecule has 0 N–H and O–H groups in total. The third-order valence-corrected chi connectivity index (χ3v) is 5.76. The minimum absolute atomic E-state index is 0.0672. The van der Waals surface area contributed by atoms with Crippen LogP contribution >= 0.6 is 11.3 Å². The van der Waals surface area contributed by atoms with Gasteiger partial charge in [-0.25, -0.2) is 4.98 Å². The average Bonchev–Trinajstić information content (AvgIpc) is 3.19. The molecule has 0 bridgehead atoms. The summed E-state index contributed by atoms with van der Waals surface area (Å²) in [7, 11) is 0. The largest absolute Gasteiger partial charge is 0.346 e. The van der Waals surface area contributed by atoms with Crippen LogP contribution in [0.15, 0.2) is 35.8 Å². The topological polar surface area (TPSA) is 36.4 Å². The van der Waals surface area contributed by atoms with Crippen LogP contribution in [0.5, 0.6) is 0 Å². The molecular weight excluding hydrogens is 306 g/mol. The maximum atomic E-state index is 13.0. The van der Waals surface area contributed by atoms with Crippen LogP contribution in [-0.4, -0.2) is 42.0 Å². The van der Waals surface area contributed by atoms with Gasteiger partial charge in [-0.3, -0.25) is 4.79 Å². The predicted octanol–water partition coefficient (Wildman–Crippen LogP) is 2.91. The first kappa shape index (κ1) is 14.7. The fourth-order valence-electron chi connectivity index (χ4n) is 3.74. The van der Waals surface area contributed by atoms with Crippen LogP contribution in [0.4, 0.5) is 5.13 Å². The van der Waals surface area contributed by atoms with Gasteiger partial charge < -0.3 is 9.80 Å². The van der Waals surface area contributed by atoms with Crippen molar-refractivity contribution < 1.29 is 4.79 Å². The van der Waals surface area contributed by atoms with E-state index >= 15 is 0 Å². The van der Waals surface area contributed by atoms with E-state index < -0.39 is 0 Å². The van der Waals surface area contributed by atoms with E-state index in [4.69, 9.17) is 0 Å². The van der Waals surface area contributed by atoms with Gasteiger partial charge in [0.05, 0.1) is 5.92 Å². The predicted molar refractivity (Wildman–Crippen MR) is 93.0 cm³/mol. The molecular formula is C18H21N3OS. The first-order chi connectivity index (χ1) is 11.3. The smallest absolute Gasteiger partial charge is 0.230 e. The van der Waals surface area contributed by atoms with Gasteiger partial charge in [-0.2, -0.15) is 0 Å². The van der Waals surface area contributed by atoms with E-state index in [-0.39, 0.29) is 5.92 Å². The van der Waals surface area contributed by atoms with Crippen LogP contribution in [0, 0.1) is 0 Å². The maximum absolute atomic E-state index is 13.0. The Kier molecular flexibility index (Phi) is 4.04. The van der Waals surface area contributed by atoms with Crippen LogP contribution < -0.4 is 4.90 Å². The van der Waals surface area contributed by atoms with Crippen LogP contribution in [-0.2, 0) is 11.2 Å². The molecule has 2 heterocycles. The highest BCUT2D eigenvalue weighted by molar-refractivity contribution is 7.13. The van der Waals surface area contributed by atoms with Crippen LogP contribution in [0.2, 0.25) is 0 Å². The Labute approximate surface area is 140 Å². The summed E-state index contributed by atoms with van der Waals surface area (Å²) in [5, 5.41) is 3.09. The van der Waals surface area contributed by atoms with Crippen molar-refractivity contribution in [1.82, 2.24) is 9.88 Å². The molecule has 0 radical (unpaired) electrons. The Morgan fingerprint density at radius 2 is 2.09 bits per heavy atom. The number of aromatic nitrogens is 1. The van der Waals surface area contributed by atoms with Crippen LogP contribution in [0.1, 0.15) is 29.9 Å². The van der Waals surface area contributed by atoms with Crippen molar-refractivity contribution in [3.05, 3.63) is 47.0 Å². The van der Waals surface area contributed by atoms with Gasteiger partial charge in [0.2, 0.25) is 5.91 Å². The molecule has 1 amide bonds. The Balaban J connectivity index is 1.46. The molecule has 1 aromatic carbocycles. The lowest BCUT2D eigenvalue weighted by Gasteiger charge is -2.25. The molecule has 2 aromatic rings. The van der Waals surface area contributed by atoms with Crippen LogP contribution in [0.3, 0.4) is 0 Å². The van der Waals surface area contributed by atoms with Gasteiger partial charge in [0, 0.05) is 37.8 Å². The molecule has 1 aromatic heterocycles. The third kappa shape index (κ3) is 2.85. The van der Waals surface area contributed by atoms with Crippen molar-refractivity contribution in [3.63, 3.8) is 0 Å². The normalized spacial score (nSPS) is 21.1. The van der Waals surface area contributed by atoms with Gasteiger partial charge >= 0.3 is 0 Å². The minimum Gasteiger partial charge on any atom is -0.346 e. The number of rotatable bonds is 2. The molecule has 23 heavy (non-hydrogen) atoms. The van der Waals surface area contributed by atoms with Crippen molar-refractivity contribution in [1.29, 1.82) is 0 Å². The summed E-state index contributed by atoms with van der Waals surface area (Å²) >= 11 is 1.68. The Morgan fingerprint density at radius 1 is 1.17 bits per heavy atom. The van der Waals surface area contributed by atoms with Gasteiger partial charge in [0.25, 0.3) is 0 Å². The molecule has 1 unspecified atom stereocenters. The van der Waals surface area contributed by atoms with E-state index in [1.807, 2.05) is 11.6 Å². The zero-order chi connectivity index (χ0) is 15.6. The van der Waals surface area contributed by atoms with E-state index in [2.05, 4.69) is 39.0 Å². The molecule has 1 atom stereocenters. The number of amides is 1. The van der Waals surface area contributed by atoms with E-state index in [1.54, 1.807) is 11.3 Å².